The second-order valence-electron chi connectivity index (χ2n) is 5.31. The van der Waals surface area contributed by atoms with E-state index in [0.29, 0.717) is 0 Å². The fourth-order valence-electron chi connectivity index (χ4n) is 2.85. The number of carbonyl (C=O) groups is 1. The van der Waals surface area contributed by atoms with Gasteiger partial charge in [0.15, 0.2) is 0 Å². The number of hydrogen-bond donors (Lipinski definition) is 2. The lowest BCUT2D eigenvalue weighted by atomic mass is 10.1. The van der Waals surface area contributed by atoms with Crippen LogP contribution in [0.1, 0.15) is 26.7 Å². The maximum atomic E-state index is 11.4. The van der Waals surface area contributed by atoms with Gasteiger partial charge in [0, 0.05) is 19.6 Å². The van der Waals surface area contributed by atoms with Crippen LogP contribution in [-0.2, 0) is 14.3 Å². The zero-order valence-corrected chi connectivity index (χ0v) is 11.1. The molecule has 0 aromatic rings. The Labute approximate surface area is 108 Å². The highest BCUT2D eigenvalue weighted by Gasteiger charge is 2.32. The minimum Gasteiger partial charge on any atom is -0.373 e. The maximum absolute atomic E-state index is 11.4. The molecule has 0 saturated carbocycles. The van der Waals surface area contributed by atoms with Crippen LogP contribution >= 0.6 is 0 Å². The Balaban J connectivity index is 1.79. The Morgan fingerprint density at radius 1 is 1.28 bits per heavy atom. The summed E-state index contributed by atoms with van der Waals surface area (Å²) < 4.78 is 11.4. The third kappa shape index (κ3) is 3.41. The highest BCUT2D eigenvalue weighted by atomic mass is 16.5. The van der Waals surface area contributed by atoms with Crippen LogP contribution in [0.3, 0.4) is 0 Å². The average molecular weight is 257 g/mol. The molecule has 1 amide bonds. The van der Waals surface area contributed by atoms with E-state index in [4.69, 9.17) is 15.3 Å². The summed E-state index contributed by atoms with van der Waals surface area (Å²) in [5.74, 6) is 4.89. The number of nitrogens with zero attached hydrogens (tertiary/aromatic N) is 1. The molecule has 2 saturated heterocycles. The third-order valence-electron chi connectivity index (χ3n) is 3.50. The first-order valence-electron chi connectivity index (χ1n) is 6.62. The second-order valence-corrected chi connectivity index (χ2v) is 5.31. The van der Waals surface area contributed by atoms with Gasteiger partial charge in [0.1, 0.15) is 6.10 Å². The van der Waals surface area contributed by atoms with Crippen molar-refractivity contribution < 1.29 is 14.3 Å². The smallest absolute Gasteiger partial charge is 0.263 e. The third-order valence-corrected chi connectivity index (χ3v) is 3.50. The minimum atomic E-state index is -0.379. The lowest BCUT2D eigenvalue weighted by molar-refractivity contribution is -0.133. The Hall–Kier alpha value is -0.690. The normalized spacial score (nSPS) is 37.7. The molecule has 3 N–H and O–H groups in total. The van der Waals surface area contributed by atoms with Crippen molar-refractivity contribution in [2.75, 3.05) is 19.6 Å². The molecule has 104 valence electrons. The Kier molecular flexibility index (Phi) is 4.55. The Morgan fingerprint density at radius 2 is 1.94 bits per heavy atom. The molecule has 4 atom stereocenters. The molecule has 0 aromatic carbocycles. The average Bonchev–Trinajstić information content (AvgIpc) is 2.75. The van der Waals surface area contributed by atoms with E-state index in [1.165, 1.54) is 0 Å². The topological polar surface area (TPSA) is 76.8 Å². The van der Waals surface area contributed by atoms with Gasteiger partial charge in [0.05, 0.1) is 18.3 Å². The van der Waals surface area contributed by atoms with Crippen molar-refractivity contribution in [3.05, 3.63) is 0 Å². The molecule has 6 nitrogen and oxygen atoms in total. The number of nitrogens with one attached hydrogen (secondary N) is 1. The lowest BCUT2D eigenvalue weighted by Crippen LogP contribution is -2.48. The summed E-state index contributed by atoms with van der Waals surface area (Å²) in [6.07, 6.45) is 1.94. The lowest BCUT2D eigenvalue weighted by Gasteiger charge is -2.36. The number of hydrazine groups is 1. The number of amides is 1. The molecule has 2 fully saturated rings. The molecule has 0 aromatic heterocycles. The van der Waals surface area contributed by atoms with E-state index in [9.17, 15) is 4.79 Å². The minimum absolute atomic E-state index is 0.129. The van der Waals surface area contributed by atoms with E-state index < -0.39 is 0 Å². The Morgan fingerprint density at radius 3 is 2.56 bits per heavy atom. The highest BCUT2D eigenvalue weighted by Crippen LogP contribution is 2.22. The van der Waals surface area contributed by atoms with Crippen molar-refractivity contribution in [3.63, 3.8) is 0 Å². The van der Waals surface area contributed by atoms with Crippen LogP contribution in [0.5, 0.6) is 0 Å². The van der Waals surface area contributed by atoms with Gasteiger partial charge in [-0.15, -0.1) is 0 Å². The zero-order chi connectivity index (χ0) is 13.1. The first kappa shape index (κ1) is 13.7. The standard InChI is InChI=1S/C12H23N3O3/c1-8-5-15(6-9(2)17-8)7-10-3-4-11(18-10)12(16)14-13/h8-11H,3-7,13H2,1-2H3,(H,14,16)/t8-,9+,10?,11?. The SMILES string of the molecule is C[C@@H]1CN(CC2CCC(C(=O)NN)O2)C[C@H](C)O1. The number of ether oxygens (including phenoxy) is 2. The van der Waals surface area contributed by atoms with Crippen molar-refractivity contribution in [1.29, 1.82) is 0 Å². The molecule has 0 radical (unpaired) electrons. The number of nitrogens with two attached hydrogens (primary N) is 1. The molecule has 0 aliphatic carbocycles. The summed E-state index contributed by atoms with van der Waals surface area (Å²) in [6, 6.07) is 0. The Bertz CT molecular complexity index is 290. The van der Waals surface area contributed by atoms with Crippen LogP contribution in [0.2, 0.25) is 0 Å². The van der Waals surface area contributed by atoms with Gasteiger partial charge in [0.2, 0.25) is 0 Å². The summed E-state index contributed by atoms with van der Waals surface area (Å²) in [4.78, 5) is 13.7. The predicted molar refractivity (Wildman–Crippen MR) is 66.7 cm³/mol. The predicted octanol–water partition coefficient (Wildman–Crippen LogP) is -0.367. The van der Waals surface area contributed by atoms with E-state index in [1.807, 2.05) is 0 Å². The van der Waals surface area contributed by atoms with Gasteiger partial charge in [-0.3, -0.25) is 15.1 Å². The van der Waals surface area contributed by atoms with Crippen LogP contribution in [0.4, 0.5) is 0 Å². The highest BCUT2D eigenvalue weighted by molar-refractivity contribution is 5.80. The van der Waals surface area contributed by atoms with Gasteiger partial charge in [-0.05, 0) is 26.7 Å². The first-order chi connectivity index (χ1) is 8.58. The van der Waals surface area contributed by atoms with Crippen LogP contribution in [0.25, 0.3) is 0 Å². The fourth-order valence-corrected chi connectivity index (χ4v) is 2.85. The first-order valence-corrected chi connectivity index (χ1v) is 6.62. The van der Waals surface area contributed by atoms with E-state index in [-0.39, 0.29) is 30.3 Å². The van der Waals surface area contributed by atoms with E-state index in [1.54, 1.807) is 0 Å². The molecule has 2 rings (SSSR count). The molecule has 2 heterocycles. The number of carbonyl (C=O) groups excluding carboxylic acids is 1. The quantitative estimate of drug-likeness (QED) is 0.410. The molecule has 2 aliphatic heterocycles. The second kappa shape index (κ2) is 5.97. The van der Waals surface area contributed by atoms with Crippen molar-refractivity contribution in [2.24, 2.45) is 5.84 Å². The molecular weight excluding hydrogens is 234 g/mol. The summed E-state index contributed by atoms with van der Waals surface area (Å²) in [5, 5.41) is 0. The summed E-state index contributed by atoms with van der Waals surface area (Å²) in [7, 11) is 0. The van der Waals surface area contributed by atoms with E-state index in [2.05, 4.69) is 24.2 Å². The van der Waals surface area contributed by atoms with Crippen LogP contribution in [-0.4, -0.2) is 54.9 Å². The molecule has 18 heavy (non-hydrogen) atoms. The van der Waals surface area contributed by atoms with Gasteiger partial charge in [-0.25, -0.2) is 5.84 Å². The van der Waals surface area contributed by atoms with Crippen molar-refractivity contribution in [1.82, 2.24) is 10.3 Å². The van der Waals surface area contributed by atoms with Crippen LogP contribution < -0.4 is 11.3 Å². The van der Waals surface area contributed by atoms with Crippen molar-refractivity contribution in [3.8, 4) is 0 Å². The fraction of sp³-hybridized carbons (Fsp3) is 0.917. The summed E-state index contributed by atoms with van der Waals surface area (Å²) >= 11 is 0. The summed E-state index contributed by atoms with van der Waals surface area (Å²) in [5.41, 5.74) is 2.15. The van der Waals surface area contributed by atoms with Gasteiger partial charge in [-0.1, -0.05) is 0 Å². The number of morpholine rings is 1. The van der Waals surface area contributed by atoms with E-state index >= 15 is 0 Å². The van der Waals surface area contributed by atoms with Crippen molar-refractivity contribution in [2.45, 2.75) is 51.1 Å². The zero-order valence-electron chi connectivity index (χ0n) is 11.1. The van der Waals surface area contributed by atoms with Gasteiger partial charge in [-0.2, -0.15) is 0 Å². The molecule has 0 bridgehead atoms. The van der Waals surface area contributed by atoms with Crippen LogP contribution in [0.15, 0.2) is 0 Å². The number of hydrogen-bond acceptors (Lipinski definition) is 5. The van der Waals surface area contributed by atoms with Gasteiger partial charge >= 0.3 is 0 Å². The van der Waals surface area contributed by atoms with Gasteiger partial charge in [0.25, 0.3) is 5.91 Å². The molecule has 2 unspecified atom stereocenters. The van der Waals surface area contributed by atoms with Crippen molar-refractivity contribution >= 4 is 5.91 Å². The van der Waals surface area contributed by atoms with Crippen LogP contribution in [0, 0.1) is 0 Å². The maximum Gasteiger partial charge on any atom is 0.263 e. The molecule has 0 spiro atoms. The monoisotopic (exact) mass is 257 g/mol. The van der Waals surface area contributed by atoms with Gasteiger partial charge < -0.3 is 9.47 Å². The largest absolute Gasteiger partial charge is 0.373 e. The molecule has 2 aliphatic rings. The number of rotatable bonds is 3. The molecular formula is C12H23N3O3. The molecule has 6 heteroatoms. The summed E-state index contributed by atoms with van der Waals surface area (Å²) in [6.45, 7) is 6.90. The van der Waals surface area contributed by atoms with E-state index in [0.717, 1.165) is 32.5 Å².